The number of esters is 1. The van der Waals surface area contributed by atoms with E-state index in [-0.39, 0.29) is 22.5 Å². The third-order valence-electron chi connectivity index (χ3n) is 2.19. The molecule has 0 N–H and O–H groups in total. The fraction of sp³-hybridized carbons (Fsp3) is 0.250. The number of ether oxygens (including phenoxy) is 1. The number of rotatable bonds is 3. The van der Waals surface area contributed by atoms with E-state index in [9.17, 15) is 9.59 Å². The first kappa shape index (κ1) is 13.2. The summed E-state index contributed by atoms with van der Waals surface area (Å²) >= 11 is 5.67. The lowest BCUT2D eigenvalue weighted by Crippen LogP contribution is -2.13. The number of Topliss-reactive ketones (excluding diaryl/α,β-unsaturated/α-hetero) is 1. The standard InChI is InChI=1S/C12H10ClNO3/c1-7(13)11(15)8-3-4-9(6-14)10(5-8)12(16)17-2/h3-5,7H,1-2H3. The van der Waals surface area contributed by atoms with Gasteiger partial charge >= 0.3 is 5.97 Å². The van der Waals surface area contributed by atoms with Gasteiger partial charge in [0.1, 0.15) is 6.07 Å². The van der Waals surface area contributed by atoms with E-state index >= 15 is 0 Å². The van der Waals surface area contributed by atoms with Crippen LogP contribution in [0, 0.1) is 11.3 Å². The van der Waals surface area contributed by atoms with Crippen molar-refractivity contribution in [1.82, 2.24) is 0 Å². The molecule has 88 valence electrons. The highest BCUT2D eigenvalue weighted by atomic mass is 35.5. The second kappa shape index (κ2) is 5.46. The summed E-state index contributed by atoms with van der Waals surface area (Å²) in [5.41, 5.74) is 0.515. The molecule has 0 aliphatic rings. The van der Waals surface area contributed by atoms with Crippen LogP contribution in [-0.2, 0) is 4.74 Å². The highest BCUT2D eigenvalue weighted by molar-refractivity contribution is 6.33. The van der Waals surface area contributed by atoms with Crippen molar-refractivity contribution >= 4 is 23.4 Å². The van der Waals surface area contributed by atoms with Crippen LogP contribution in [0.25, 0.3) is 0 Å². The molecule has 0 saturated carbocycles. The summed E-state index contributed by atoms with van der Waals surface area (Å²) in [5.74, 6) is -0.959. The lowest BCUT2D eigenvalue weighted by molar-refractivity contribution is 0.0600. The third kappa shape index (κ3) is 2.83. The highest BCUT2D eigenvalue weighted by Gasteiger charge is 2.17. The Labute approximate surface area is 104 Å². The number of hydrogen-bond acceptors (Lipinski definition) is 4. The Bertz CT molecular complexity index is 503. The number of carbonyl (C=O) groups is 2. The van der Waals surface area contributed by atoms with Gasteiger partial charge in [0.15, 0.2) is 5.78 Å². The number of methoxy groups -OCH3 is 1. The fourth-order valence-electron chi connectivity index (χ4n) is 1.30. The van der Waals surface area contributed by atoms with E-state index in [2.05, 4.69) is 4.74 Å². The topological polar surface area (TPSA) is 67.2 Å². The molecule has 0 radical (unpaired) electrons. The van der Waals surface area contributed by atoms with Crippen molar-refractivity contribution in [1.29, 1.82) is 5.26 Å². The van der Waals surface area contributed by atoms with Crippen molar-refractivity contribution in [2.75, 3.05) is 7.11 Å². The van der Waals surface area contributed by atoms with Gasteiger partial charge in [-0.3, -0.25) is 4.79 Å². The molecule has 0 bridgehead atoms. The smallest absolute Gasteiger partial charge is 0.339 e. The average molecular weight is 252 g/mol. The molecule has 0 saturated heterocycles. The van der Waals surface area contributed by atoms with Crippen LogP contribution in [-0.4, -0.2) is 24.2 Å². The molecule has 1 aromatic carbocycles. The molecular formula is C12H10ClNO3. The molecule has 1 rings (SSSR count). The molecule has 1 unspecified atom stereocenters. The largest absolute Gasteiger partial charge is 0.465 e. The minimum Gasteiger partial charge on any atom is -0.465 e. The molecular weight excluding hydrogens is 242 g/mol. The fourth-order valence-corrected chi connectivity index (χ4v) is 1.43. The predicted octanol–water partition coefficient (Wildman–Crippen LogP) is 2.15. The van der Waals surface area contributed by atoms with Crippen LogP contribution in [0.1, 0.15) is 33.2 Å². The van der Waals surface area contributed by atoms with Crippen molar-refractivity contribution < 1.29 is 14.3 Å². The predicted molar refractivity (Wildman–Crippen MR) is 62.1 cm³/mol. The van der Waals surface area contributed by atoms with E-state index < -0.39 is 11.3 Å². The van der Waals surface area contributed by atoms with E-state index in [1.54, 1.807) is 6.92 Å². The monoisotopic (exact) mass is 251 g/mol. The van der Waals surface area contributed by atoms with Crippen LogP contribution in [0.15, 0.2) is 18.2 Å². The lowest BCUT2D eigenvalue weighted by atomic mass is 10.0. The molecule has 4 nitrogen and oxygen atoms in total. The van der Waals surface area contributed by atoms with Crippen LogP contribution in [0.3, 0.4) is 0 Å². The van der Waals surface area contributed by atoms with Crippen molar-refractivity contribution in [3.8, 4) is 6.07 Å². The van der Waals surface area contributed by atoms with Gasteiger partial charge in [-0.1, -0.05) is 0 Å². The average Bonchev–Trinajstić information content (AvgIpc) is 2.35. The summed E-state index contributed by atoms with van der Waals surface area (Å²) in [4.78, 5) is 23.1. The van der Waals surface area contributed by atoms with Gasteiger partial charge in [-0.2, -0.15) is 5.26 Å². The highest BCUT2D eigenvalue weighted by Crippen LogP contribution is 2.15. The summed E-state index contributed by atoms with van der Waals surface area (Å²) in [6.07, 6.45) is 0. The van der Waals surface area contributed by atoms with E-state index in [1.165, 1.54) is 25.3 Å². The number of carbonyl (C=O) groups excluding carboxylic acids is 2. The van der Waals surface area contributed by atoms with Gasteiger partial charge < -0.3 is 4.74 Å². The number of nitrogens with zero attached hydrogens (tertiary/aromatic N) is 1. The zero-order valence-electron chi connectivity index (χ0n) is 9.36. The maximum absolute atomic E-state index is 11.6. The second-order valence-electron chi connectivity index (χ2n) is 3.34. The molecule has 0 amide bonds. The maximum atomic E-state index is 11.6. The van der Waals surface area contributed by atoms with Crippen LogP contribution in [0.5, 0.6) is 0 Å². The Morgan fingerprint density at radius 2 is 2.12 bits per heavy atom. The zero-order valence-corrected chi connectivity index (χ0v) is 10.1. The number of ketones is 1. The number of halogens is 1. The Morgan fingerprint density at radius 3 is 2.59 bits per heavy atom. The van der Waals surface area contributed by atoms with E-state index in [0.717, 1.165) is 0 Å². The summed E-state index contributed by atoms with van der Waals surface area (Å²) in [7, 11) is 1.21. The van der Waals surface area contributed by atoms with E-state index in [0.29, 0.717) is 0 Å². The minimum atomic E-state index is -0.687. The Hall–Kier alpha value is -1.86. The number of nitriles is 1. The van der Waals surface area contributed by atoms with Crippen LogP contribution < -0.4 is 0 Å². The molecule has 0 aromatic heterocycles. The van der Waals surface area contributed by atoms with Crippen molar-refractivity contribution in [2.45, 2.75) is 12.3 Å². The quantitative estimate of drug-likeness (QED) is 0.469. The van der Waals surface area contributed by atoms with Gasteiger partial charge in [-0.25, -0.2) is 4.79 Å². The maximum Gasteiger partial charge on any atom is 0.339 e. The van der Waals surface area contributed by atoms with Gasteiger partial charge in [0, 0.05) is 5.56 Å². The van der Waals surface area contributed by atoms with Gasteiger partial charge in [0.05, 0.1) is 23.6 Å². The number of benzene rings is 1. The zero-order chi connectivity index (χ0) is 13.0. The Balaban J connectivity index is 3.28. The first-order valence-electron chi connectivity index (χ1n) is 4.82. The molecule has 0 aliphatic carbocycles. The van der Waals surface area contributed by atoms with Crippen molar-refractivity contribution in [2.24, 2.45) is 0 Å². The molecule has 1 aromatic rings. The van der Waals surface area contributed by atoms with Crippen LogP contribution in [0.2, 0.25) is 0 Å². The van der Waals surface area contributed by atoms with Crippen LogP contribution >= 0.6 is 11.6 Å². The van der Waals surface area contributed by atoms with Crippen molar-refractivity contribution in [3.63, 3.8) is 0 Å². The van der Waals surface area contributed by atoms with Crippen LogP contribution in [0.4, 0.5) is 0 Å². The van der Waals surface area contributed by atoms with Gasteiger partial charge in [0.2, 0.25) is 0 Å². The molecule has 17 heavy (non-hydrogen) atoms. The normalized spacial score (nSPS) is 11.4. The summed E-state index contributed by atoms with van der Waals surface area (Å²) < 4.78 is 4.54. The van der Waals surface area contributed by atoms with E-state index in [4.69, 9.17) is 16.9 Å². The Morgan fingerprint density at radius 1 is 1.47 bits per heavy atom. The summed E-state index contributed by atoms with van der Waals surface area (Å²) in [6, 6.07) is 6.05. The summed E-state index contributed by atoms with van der Waals surface area (Å²) in [5, 5.41) is 8.15. The van der Waals surface area contributed by atoms with Crippen molar-refractivity contribution in [3.05, 3.63) is 34.9 Å². The number of hydrogen-bond donors (Lipinski definition) is 0. The molecule has 0 spiro atoms. The SMILES string of the molecule is COC(=O)c1cc(C(=O)C(C)Cl)ccc1C#N. The first-order valence-corrected chi connectivity index (χ1v) is 5.25. The first-order chi connectivity index (χ1) is 8.01. The molecule has 0 aliphatic heterocycles. The second-order valence-corrected chi connectivity index (χ2v) is 4.00. The molecule has 0 heterocycles. The molecule has 5 heteroatoms. The van der Waals surface area contributed by atoms with Gasteiger partial charge in [-0.15, -0.1) is 11.6 Å². The number of alkyl halides is 1. The van der Waals surface area contributed by atoms with Gasteiger partial charge in [0.25, 0.3) is 0 Å². The van der Waals surface area contributed by atoms with Gasteiger partial charge in [-0.05, 0) is 25.1 Å². The Kier molecular flexibility index (Phi) is 4.24. The lowest BCUT2D eigenvalue weighted by Gasteiger charge is -2.06. The third-order valence-corrected chi connectivity index (χ3v) is 2.39. The molecule has 1 atom stereocenters. The minimum absolute atomic E-state index is 0.0677. The van der Waals surface area contributed by atoms with E-state index in [1.807, 2.05) is 6.07 Å². The summed E-state index contributed by atoms with van der Waals surface area (Å²) in [6.45, 7) is 1.54. The molecule has 0 fully saturated rings.